The molecule has 74 valence electrons. The number of halogens is 1. The molecule has 0 radical (unpaired) electrons. The van der Waals surface area contributed by atoms with Gasteiger partial charge in [0.1, 0.15) is 10.4 Å². The second-order valence-corrected chi connectivity index (χ2v) is 4.28. The van der Waals surface area contributed by atoms with E-state index in [1.54, 1.807) is 0 Å². The first-order valence-corrected chi connectivity index (χ1v) is 5.27. The van der Waals surface area contributed by atoms with E-state index in [1.807, 2.05) is 0 Å². The first-order chi connectivity index (χ1) is 6.13. The first-order valence-electron chi connectivity index (χ1n) is 4.47. The molecule has 1 rings (SSSR count). The third kappa shape index (κ3) is 3.12. The predicted octanol–water partition coefficient (Wildman–Crippen LogP) is 1.91. The summed E-state index contributed by atoms with van der Waals surface area (Å²) in [6, 6.07) is 0. The third-order valence-corrected chi connectivity index (χ3v) is 2.39. The highest BCUT2D eigenvalue weighted by Crippen LogP contribution is 2.17. The van der Waals surface area contributed by atoms with Gasteiger partial charge in [0.15, 0.2) is 0 Å². The van der Waals surface area contributed by atoms with Gasteiger partial charge in [-0.25, -0.2) is 4.98 Å². The SMILES string of the molecule is CC(C)Cc1[nH]c(CCO)nc1Br. The second-order valence-electron chi connectivity index (χ2n) is 3.52. The van der Waals surface area contributed by atoms with E-state index in [4.69, 9.17) is 5.11 Å². The Morgan fingerprint density at radius 3 is 2.77 bits per heavy atom. The molecule has 0 saturated heterocycles. The number of aromatic amines is 1. The number of aliphatic hydroxyl groups is 1. The molecule has 0 saturated carbocycles. The first kappa shape index (κ1) is 10.7. The average molecular weight is 247 g/mol. The zero-order valence-electron chi connectivity index (χ0n) is 7.97. The van der Waals surface area contributed by atoms with Crippen molar-refractivity contribution in [2.24, 2.45) is 5.92 Å². The summed E-state index contributed by atoms with van der Waals surface area (Å²) in [5.41, 5.74) is 1.12. The Labute approximate surface area is 86.7 Å². The lowest BCUT2D eigenvalue weighted by atomic mass is 10.1. The molecule has 0 aliphatic heterocycles. The number of aliphatic hydroxyl groups excluding tert-OH is 1. The van der Waals surface area contributed by atoms with Crippen molar-refractivity contribution >= 4 is 15.9 Å². The van der Waals surface area contributed by atoms with Gasteiger partial charge in [-0.2, -0.15) is 0 Å². The van der Waals surface area contributed by atoms with Crippen LogP contribution in [0.4, 0.5) is 0 Å². The molecule has 1 heterocycles. The van der Waals surface area contributed by atoms with Gasteiger partial charge in [-0.1, -0.05) is 13.8 Å². The summed E-state index contributed by atoms with van der Waals surface area (Å²) in [5.74, 6) is 1.46. The van der Waals surface area contributed by atoms with Gasteiger partial charge in [-0.15, -0.1) is 0 Å². The minimum Gasteiger partial charge on any atom is -0.396 e. The van der Waals surface area contributed by atoms with Crippen molar-refractivity contribution in [1.29, 1.82) is 0 Å². The van der Waals surface area contributed by atoms with Crippen molar-refractivity contribution in [3.05, 3.63) is 16.1 Å². The van der Waals surface area contributed by atoms with Gasteiger partial charge < -0.3 is 10.1 Å². The molecule has 2 N–H and O–H groups in total. The Morgan fingerprint density at radius 1 is 1.54 bits per heavy atom. The van der Waals surface area contributed by atoms with E-state index < -0.39 is 0 Å². The van der Waals surface area contributed by atoms with Gasteiger partial charge in [-0.3, -0.25) is 0 Å². The van der Waals surface area contributed by atoms with Crippen molar-refractivity contribution in [2.75, 3.05) is 6.61 Å². The topological polar surface area (TPSA) is 48.9 Å². The molecule has 4 heteroatoms. The van der Waals surface area contributed by atoms with E-state index in [1.165, 1.54) is 0 Å². The molecular formula is C9H15BrN2O. The number of aromatic nitrogens is 2. The molecule has 0 fully saturated rings. The number of hydrogen-bond acceptors (Lipinski definition) is 2. The standard InChI is InChI=1S/C9H15BrN2O/c1-6(2)5-7-9(10)12-8(11-7)3-4-13/h6,13H,3-5H2,1-2H3,(H,11,12). The Hall–Kier alpha value is -0.350. The molecule has 13 heavy (non-hydrogen) atoms. The fourth-order valence-electron chi connectivity index (χ4n) is 1.21. The summed E-state index contributed by atoms with van der Waals surface area (Å²) in [7, 11) is 0. The van der Waals surface area contributed by atoms with Crippen LogP contribution < -0.4 is 0 Å². The van der Waals surface area contributed by atoms with Gasteiger partial charge in [0.25, 0.3) is 0 Å². The quantitative estimate of drug-likeness (QED) is 0.853. The molecule has 0 bridgehead atoms. The fraction of sp³-hybridized carbons (Fsp3) is 0.667. The lowest BCUT2D eigenvalue weighted by molar-refractivity contribution is 0.297. The van der Waals surface area contributed by atoms with Crippen LogP contribution in [-0.2, 0) is 12.8 Å². The largest absolute Gasteiger partial charge is 0.396 e. The van der Waals surface area contributed by atoms with Crippen LogP contribution in [-0.4, -0.2) is 21.7 Å². The van der Waals surface area contributed by atoms with Crippen molar-refractivity contribution < 1.29 is 5.11 Å². The Balaban J connectivity index is 2.71. The molecule has 3 nitrogen and oxygen atoms in total. The van der Waals surface area contributed by atoms with Crippen molar-refractivity contribution in [1.82, 2.24) is 9.97 Å². The van der Waals surface area contributed by atoms with Gasteiger partial charge in [0, 0.05) is 12.1 Å². The van der Waals surface area contributed by atoms with E-state index in [0.29, 0.717) is 12.3 Å². The molecule has 1 aromatic heterocycles. The number of rotatable bonds is 4. The number of nitrogens with zero attached hydrogens (tertiary/aromatic N) is 1. The molecule has 0 amide bonds. The van der Waals surface area contributed by atoms with Crippen LogP contribution in [0.25, 0.3) is 0 Å². The normalized spacial score (nSPS) is 11.2. The lowest BCUT2D eigenvalue weighted by Crippen LogP contribution is -1.96. The summed E-state index contributed by atoms with van der Waals surface area (Å²) >= 11 is 3.39. The van der Waals surface area contributed by atoms with Crippen LogP contribution in [0.15, 0.2) is 4.60 Å². The van der Waals surface area contributed by atoms with E-state index in [2.05, 4.69) is 39.7 Å². The minimum atomic E-state index is 0.140. The van der Waals surface area contributed by atoms with Crippen LogP contribution in [0.1, 0.15) is 25.4 Å². The highest BCUT2D eigenvalue weighted by Gasteiger charge is 2.08. The number of hydrogen-bond donors (Lipinski definition) is 2. The monoisotopic (exact) mass is 246 g/mol. The maximum Gasteiger partial charge on any atom is 0.127 e. The van der Waals surface area contributed by atoms with E-state index >= 15 is 0 Å². The van der Waals surface area contributed by atoms with Gasteiger partial charge in [-0.05, 0) is 28.3 Å². The van der Waals surface area contributed by atoms with Crippen molar-refractivity contribution in [3.8, 4) is 0 Å². The summed E-state index contributed by atoms with van der Waals surface area (Å²) in [6.07, 6.45) is 1.58. The molecule has 0 aliphatic rings. The number of nitrogens with one attached hydrogen (secondary N) is 1. The fourth-order valence-corrected chi connectivity index (χ4v) is 1.68. The predicted molar refractivity (Wildman–Crippen MR) is 55.6 cm³/mol. The van der Waals surface area contributed by atoms with Crippen LogP contribution in [0.5, 0.6) is 0 Å². The maximum absolute atomic E-state index is 8.73. The molecule has 0 spiro atoms. The highest BCUT2D eigenvalue weighted by molar-refractivity contribution is 9.10. The zero-order valence-corrected chi connectivity index (χ0v) is 9.56. The number of imidazole rings is 1. The van der Waals surface area contributed by atoms with Gasteiger partial charge >= 0.3 is 0 Å². The Bertz CT molecular complexity index is 271. The van der Waals surface area contributed by atoms with Crippen LogP contribution >= 0.6 is 15.9 Å². The Morgan fingerprint density at radius 2 is 2.23 bits per heavy atom. The summed E-state index contributed by atoms with van der Waals surface area (Å²) in [6.45, 7) is 4.47. The summed E-state index contributed by atoms with van der Waals surface area (Å²) < 4.78 is 0.879. The smallest absolute Gasteiger partial charge is 0.127 e. The van der Waals surface area contributed by atoms with Crippen LogP contribution in [0.3, 0.4) is 0 Å². The van der Waals surface area contributed by atoms with Crippen LogP contribution in [0, 0.1) is 5.92 Å². The van der Waals surface area contributed by atoms with Crippen molar-refractivity contribution in [2.45, 2.75) is 26.7 Å². The van der Waals surface area contributed by atoms with E-state index in [0.717, 1.165) is 22.5 Å². The van der Waals surface area contributed by atoms with Crippen LogP contribution in [0.2, 0.25) is 0 Å². The third-order valence-electron chi connectivity index (χ3n) is 1.74. The van der Waals surface area contributed by atoms with E-state index in [9.17, 15) is 0 Å². The number of H-pyrrole nitrogens is 1. The lowest BCUT2D eigenvalue weighted by Gasteiger charge is -2.01. The maximum atomic E-state index is 8.73. The highest BCUT2D eigenvalue weighted by atomic mass is 79.9. The second kappa shape index (κ2) is 4.77. The molecular weight excluding hydrogens is 232 g/mol. The molecule has 0 unspecified atom stereocenters. The summed E-state index contributed by atoms with van der Waals surface area (Å²) in [4.78, 5) is 7.45. The molecule has 1 aromatic rings. The molecule has 0 aliphatic carbocycles. The van der Waals surface area contributed by atoms with Gasteiger partial charge in [0.2, 0.25) is 0 Å². The average Bonchev–Trinajstić information content (AvgIpc) is 2.31. The minimum absolute atomic E-state index is 0.140. The molecule has 0 atom stereocenters. The van der Waals surface area contributed by atoms with E-state index in [-0.39, 0.29) is 6.61 Å². The summed E-state index contributed by atoms with van der Waals surface area (Å²) in [5, 5.41) is 8.73. The molecule has 0 aromatic carbocycles. The Kier molecular flexibility index (Phi) is 3.93. The van der Waals surface area contributed by atoms with Crippen molar-refractivity contribution in [3.63, 3.8) is 0 Å². The zero-order chi connectivity index (χ0) is 9.84. The van der Waals surface area contributed by atoms with Gasteiger partial charge in [0.05, 0.1) is 6.61 Å².